The zero-order chi connectivity index (χ0) is 18.4. The van der Waals surface area contributed by atoms with E-state index in [0.717, 1.165) is 23.9 Å². The molecule has 1 aliphatic heterocycles. The highest BCUT2D eigenvalue weighted by Crippen LogP contribution is 2.15. The van der Waals surface area contributed by atoms with E-state index in [2.05, 4.69) is 20.6 Å². The van der Waals surface area contributed by atoms with Crippen LogP contribution in [-0.4, -0.2) is 53.2 Å². The highest BCUT2D eigenvalue weighted by Gasteiger charge is 2.34. The zero-order valence-electron chi connectivity index (χ0n) is 15.8. The number of nitrogens with one attached hydrogen (secondary N) is 2. The molecule has 2 N–H and O–H groups in total. The SMILES string of the molecule is CCNC(=NCc1cccc(C)n1)NC1CN(C(=O)OC(C)(C)C)C1. The summed E-state index contributed by atoms with van der Waals surface area (Å²) in [5.41, 5.74) is 1.45. The topological polar surface area (TPSA) is 78.9 Å². The number of ether oxygens (including phenoxy) is 1. The Morgan fingerprint density at radius 2 is 2.12 bits per heavy atom. The molecule has 0 spiro atoms. The molecule has 0 aliphatic carbocycles. The molecule has 1 amide bonds. The number of aliphatic imine (C=N–C) groups is 1. The summed E-state index contributed by atoms with van der Waals surface area (Å²) in [6.45, 7) is 12.1. The van der Waals surface area contributed by atoms with E-state index in [0.29, 0.717) is 19.6 Å². The molecule has 0 atom stereocenters. The molecule has 1 aromatic rings. The first-order valence-corrected chi connectivity index (χ1v) is 8.72. The number of aryl methyl sites for hydroxylation is 1. The third-order valence-corrected chi connectivity index (χ3v) is 3.56. The van der Waals surface area contributed by atoms with Gasteiger partial charge in [-0.3, -0.25) is 4.98 Å². The normalized spacial score (nSPS) is 15.6. The van der Waals surface area contributed by atoms with Gasteiger partial charge in [0, 0.05) is 25.3 Å². The lowest BCUT2D eigenvalue weighted by Gasteiger charge is -2.40. The van der Waals surface area contributed by atoms with Gasteiger partial charge < -0.3 is 20.3 Å². The highest BCUT2D eigenvalue weighted by molar-refractivity contribution is 5.80. The number of pyridine rings is 1. The van der Waals surface area contributed by atoms with E-state index in [1.54, 1.807) is 4.90 Å². The third kappa shape index (κ3) is 6.25. The van der Waals surface area contributed by atoms with Crippen LogP contribution in [0.25, 0.3) is 0 Å². The number of hydrogen-bond acceptors (Lipinski definition) is 4. The van der Waals surface area contributed by atoms with Crippen LogP contribution in [0.4, 0.5) is 4.79 Å². The van der Waals surface area contributed by atoms with E-state index in [-0.39, 0.29) is 12.1 Å². The molecule has 1 fully saturated rings. The number of carbonyl (C=O) groups excluding carboxylic acids is 1. The minimum atomic E-state index is -0.465. The zero-order valence-corrected chi connectivity index (χ0v) is 15.8. The summed E-state index contributed by atoms with van der Waals surface area (Å²) in [6, 6.07) is 6.10. The molecule has 0 radical (unpaired) electrons. The summed E-state index contributed by atoms with van der Waals surface area (Å²) in [5.74, 6) is 0.736. The van der Waals surface area contributed by atoms with Crippen LogP contribution < -0.4 is 10.6 Å². The average Bonchev–Trinajstić information content (AvgIpc) is 2.46. The van der Waals surface area contributed by atoms with Crippen molar-refractivity contribution in [2.24, 2.45) is 4.99 Å². The minimum Gasteiger partial charge on any atom is -0.444 e. The fourth-order valence-electron chi connectivity index (χ4n) is 2.41. The Hall–Kier alpha value is -2.31. The summed E-state index contributed by atoms with van der Waals surface area (Å²) < 4.78 is 5.36. The Bertz CT molecular complexity index is 618. The predicted octanol–water partition coefficient (Wildman–Crippen LogP) is 2.06. The quantitative estimate of drug-likeness (QED) is 0.644. The van der Waals surface area contributed by atoms with Crippen molar-refractivity contribution in [3.63, 3.8) is 0 Å². The van der Waals surface area contributed by atoms with Crippen LogP contribution in [0.3, 0.4) is 0 Å². The smallest absolute Gasteiger partial charge is 0.410 e. The summed E-state index contributed by atoms with van der Waals surface area (Å²) >= 11 is 0. The Morgan fingerprint density at radius 1 is 1.40 bits per heavy atom. The fourth-order valence-corrected chi connectivity index (χ4v) is 2.41. The van der Waals surface area contributed by atoms with Gasteiger partial charge in [0.1, 0.15) is 5.60 Å². The second-order valence-electron chi connectivity index (χ2n) is 7.19. The van der Waals surface area contributed by atoms with Gasteiger partial charge in [0.25, 0.3) is 0 Å². The molecule has 0 unspecified atom stereocenters. The predicted molar refractivity (Wildman–Crippen MR) is 98.5 cm³/mol. The molecule has 1 aliphatic rings. The first-order valence-electron chi connectivity index (χ1n) is 8.72. The maximum absolute atomic E-state index is 12.0. The molecule has 7 heteroatoms. The summed E-state index contributed by atoms with van der Waals surface area (Å²) in [6.07, 6.45) is -0.267. The van der Waals surface area contributed by atoms with Gasteiger partial charge in [0.2, 0.25) is 0 Å². The highest BCUT2D eigenvalue weighted by atomic mass is 16.6. The van der Waals surface area contributed by atoms with Crippen molar-refractivity contribution in [2.75, 3.05) is 19.6 Å². The van der Waals surface area contributed by atoms with E-state index in [1.165, 1.54) is 0 Å². The molecular formula is C18H29N5O2. The van der Waals surface area contributed by atoms with Crippen molar-refractivity contribution < 1.29 is 9.53 Å². The van der Waals surface area contributed by atoms with Crippen LogP contribution >= 0.6 is 0 Å². The number of likely N-dealkylation sites (tertiary alicyclic amines) is 1. The first-order chi connectivity index (χ1) is 11.8. The lowest BCUT2D eigenvalue weighted by Crippen LogP contribution is -2.63. The standard InChI is InChI=1S/C18H29N5O2/c1-6-19-16(20-10-14-9-7-8-13(2)21-14)22-15-11-23(12-15)17(24)25-18(3,4)5/h7-9,15H,6,10-12H2,1-5H3,(H2,19,20,22). The number of aromatic nitrogens is 1. The maximum atomic E-state index is 12.0. The van der Waals surface area contributed by atoms with Crippen LogP contribution in [0.1, 0.15) is 39.1 Å². The van der Waals surface area contributed by atoms with Crippen molar-refractivity contribution >= 4 is 12.1 Å². The number of hydrogen-bond donors (Lipinski definition) is 2. The van der Waals surface area contributed by atoms with Gasteiger partial charge >= 0.3 is 6.09 Å². The molecule has 2 heterocycles. The number of guanidine groups is 1. The Balaban J connectivity index is 1.84. The van der Waals surface area contributed by atoms with Gasteiger partial charge in [-0.05, 0) is 46.8 Å². The van der Waals surface area contributed by atoms with Gasteiger partial charge in [0.05, 0.1) is 18.3 Å². The van der Waals surface area contributed by atoms with E-state index >= 15 is 0 Å². The van der Waals surface area contributed by atoms with E-state index in [1.807, 2.05) is 52.8 Å². The Kier molecular flexibility index (Phi) is 6.22. The second-order valence-corrected chi connectivity index (χ2v) is 7.19. The maximum Gasteiger partial charge on any atom is 0.410 e. The largest absolute Gasteiger partial charge is 0.444 e. The number of amides is 1. The molecule has 0 bridgehead atoms. The lowest BCUT2D eigenvalue weighted by molar-refractivity contribution is 0.00701. The lowest BCUT2D eigenvalue weighted by atomic mass is 10.1. The van der Waals surface area contributed by atoms with Crippen LogP contribution in [0, 0.1) is 6.92 Å². The molecule has 25 heavy (non-hydrogen) atoms. The minimum absolute atomic E-state index is 0.177. The second kappa shape index (κ2) is 8.18. The number of rotatable bonds is 4. The van der Waals surface area contributed by atoms with Crippen LogP contribution in [-0.2, 0) is 11.3 Å². The molecule has 2 rings (SSSR count). The van der Waals surface area contributed by atoms with Crippen molar-refractivity contribution in [1.82, 2.24) is 20.5 Å². The van der Waals surface area contributed by atoms with E-state index < -0.39 is 5.60 Å². The molecule has 7 nitrogen and oxygen atoms in total. The van der Waals surface area contributed by atoms with Gasteiger partial charge in [-0.15, -0.1) is 0 Å². The van der Waals surface area contributed by atoms with Crippen molar-refractivity contribution in [3.05, 3.63) is 29.6 Å². The summed E-state index contributed by atoms with van der Waals surface area (Å²) in [5, 5.41) is 6.57. The van der Waals surface area contributed by atoms with Crippen molar-refractivity contribution in [3.8, 4) is 0 Å². The monoisotopic (exact) mass is 347 g/mol. The van der Waals surface area contributed by atoms with Crippen LogP contribution in [0.2, 0.25) is 0 Å². The summed E-state index contributed by atoms with van der Waals surface area (Å²) in [4.78, 5) is 22.7. The van der Waals surface area contributed by atoms with Crippen LogP contribution in [0.5, 0.6) is 0 Å². The van der Waals surface area contributed by atoms with Gasteiger partial charge in [-0.2, -0.15) is 0 Å². The third-order valence-electron chi connectivity index (χ3n) is 3.56. The Labute approximate surface area is 149 Å². The molecular weight excluding hydrogens is 318 g/mol. The summed E-state index contributed by atoms with van der Waals surface area (Å²) in [7, 11) is 0. The van der Waals surface area contributed by atoms with Crippen LogP contribution in [0.15, 0.2) is 23.2 Å². The van der Waals surface area contributed by atoms with Gasteiger partial charge in [0.15, 0.2) is 5.96 Å². The fraction of sp³-hybridized carbons (Fsp3) is 0.611. The molecule has 0 aromatic carbocycles. The first kappa shape index (κ1) is 19.0. The molecule has 1 aromatic heterocycles. The number of nitrogens with zero attached hydrogens (tertiary/aromatic N) is 3. The van der Waals surface area contributed by atoms with Gasteiger partial charge in [-0.25, -0.2) is 9.79 Å². The average molecular weight is 347 g/mol. The number of carbonyl (C=O) groups is 1. The Morgan fingerprint density at radius 3 is 2.72 bits per heavy atom. The van der Waals surface area contributed by atoms with Crippen molar-refractivity contribution in [2.45, 2.75) is 52.8 Å². The van der Waals surface area contributed by atoms with E-state index in [4.69, 9.17) is 4.74 Å². The molecule has 0 saturated carbocycles. The molecule has 138 valence electrons. The van der Waals surface area contributed by atoms with Crippen molar-refractivity contribution in [1.29, 1.82) is 0 Å². The molecule has 1 saturated heterocycles. The van der Waals surface area contributed by atoms with E-state index in [9.17, 15) is 4.79 Å². The van der Waals surface area contributed by atoms with Gasteiger partial charge in [-0.1, -0.05) is 6.07 Å².